The molecule has 4 aromatic rings. The number of aromatic hydroxyl groups is 1. The fraction of sp³-hybridized carbons (Fsp3) is 0.259. The van der Waals surface area contributed by atoms with Crippen LogP contribution in [0, 0.1) is 3.95 Å². The van der Waals surface area contributed by atoms with E-state index < -0.39 is 0 Å². The highest BCUT2D eigenvalue weighted by Crippen LogP contribution is 2.32. The Morgan fingerprint density at radius 3 is 2.53 bits per heavy atom. The number of thiazole rings is 2. The molecule has 0 spiro atoms. The van der Waals surface area contributed by atoms with E-state index in [0.717, 1.165) is 29.0 Å². The number of aromatic nitrogens is 2. The topological polar surface area (TPSA) is 87.5 Å². The van der Waals surface area contributed by atoms with Gasteiger partial charge < -0.3 is 15.3 Å². The van der Waals surface area contributed by atoms with Crippen LogP contribution in [0.3, 0.4) is 0 Å². The smallest absolute Gasteiger partial charge is 0.275 e. The number of anilines is 1. The molecule has 1 aliphatic heterocycles. The third kappa shape index (κ3) is 5.99. The van der Waals surface area contributed by atoms with Gasteiger partial charge in [-0.15, -0.1) is 22.7 Å². The van der Waals surface area contributed by atoms with Crippen molar-refractivity contribution in [2.24, 2.45) is 0 Å². The quantitative estimate of drug-likeness (QED) is 0.233. The van der Waals surface area contributed by atoms with Gasteiger partial charge in [0.25, 0.3) is 5.91 Å². The van der Waals surface area contributed by atoms with Crippen LogP contribution in [0.1, 0.15) is 40.7 Å². The molecule has 0 saturated carbocycles. The van der Waals surface area contributed by atoms with Crippen molar-refractivity contribution >= 4 is 64.0 Å². The molecule has 11 heteroatoms. The molecule has 3 heterocycles. The summed E-state index contributed by atoms with van der Waals surface area (Å²) in [5.41, 5.74) is 2.96. The molecule has 0 radical (unpaired) electrons. The summed E-state index contributed by atoms with van der Waals surface area (Å²) < 4.78 is 2.15. The van der Waals surface area contributed by atoms with E-state index in [1.165, 1.54) is 22.7 Å². The Morgan fingerprint density at radius 2 is 1.82 bits per heavy atom. The number of halogens is 1. The number of amides is 2. The normalized spacial score (nSPS) is 14.0. The van der Waals surface area contributed by atoms with Gasteiger partial charge in [0.05, 0.1) is 10.4 Å². The summed E-state index contributed by atoms with van der Waals surface area (Å²) in [5, 5.41) is 17.8. The predicted octanol–water partition coefficient (Wildman–Crippen LogP) is 6.81. The predicted molar refractivity (Wildman–Crippen MR) is 155 cm³/mol. The van der Waals surface area contributed by atoms with Crippen LogP contribution < -0.4 is 5.32 Å². The van der Waals surface area contributed by atoms with Gasteiger partial charge in [-0.3, -0.25) is 14.2 Å². The highest BCUT2D eigenvalue weighted by atomic mass is 35.5. The average Bonchev–Trinajstić information content (AvgIpc) is 3.55. The lowest BCUT2D eigenvalue weighted by Crippen LogP contribution is -2.38. The molecule has 196 valence electrons. The molecule has 5 rings (SSSR count). The molecule has 2 aromatic heterocycles. The Morgan fingerprint density at radius 1 is 1.08 bits per heavy atom. The molecule has 38 heavy (non-hydrogen) atoms. The largest absolute Gasteiger partial charge is 0.494 e. The summed E-state index contributed by atoms with van der Waals surface area (Å²) in [4.78, 5) is 32.2. The summed E-state index contributed by atoms with van der Waals surface area (Å²) >= 11 is 14.0. The van der Waals surface area contributed by atoms with Crippen LogP contribution in [0.25, 0.3) is 11.1 Å². The molecule has 2 amide bonds. The number of nitrogens with one attached hydrogen (secondary N) is 1. The van der Waals surface area contributed by atoms with Crippen molar-refractivity contribution in [1.82, 2.24) is 14.5 Å². The van der Waals surface area contributed by atoms with Gasteiger partial charge in [0.1, 0.15) is 5.69 Å². The minimum absolute atomic E-state index is 0.0505. The minimum Gasteiger partial charge on any atom is -0.494 e. The van der Waals surface area contributed by atoms with Crippen molar-refractivity contribution in [3.05, 3.63) is 79.0 Å². The van der Waals surface area contributed by atoms with Crippen molar-refractivity contribution in [3.63, 3.8) is 0 Å². The Balaban J connectivity index is 1.17. The number of hydrogen-bond acceptors (Lipinski definition) is 7. The van der Waals surface area contributed by atoms with Crippen molar-refractivity contribution in [1.29, 1.82) is 0 Å². The molecule has 0 atom stereocenters. The highest BCUT2D eigenvalue weighted by Gasteiger charge is 2.26. The average molecular weight is 585 g/mol. The van der Waals surface area contributed by atoms with E-state index in [1.54, 1.807) is 15.3 Å². The molecular formula is C27H25ClN4O3S3. The van der Waals surface area contributed by atoms with E-state index in [1.807, 2.05) is 53.4 Å². The van der Waals surface area contributed by atoms with Gasteiger partial charge >= 0.3 is 0 Å². The van der Waals surface area contributed by atoms with E-state index in [2.05, 4.69) is 10.3 Å². The van der Waals surface area contributed by atoms with Crippen molar-refractivity contribution in [2.45, 2.75) is 31.7 Å². The standard InChI is InChI=1S/C27H25ClN4O3S3/c28-19-7-5-17(6-8-19)20-3-1-2-4-21(20)29-25(35)22-15-37-26(30-22)18-9-12-31(13-10-18)23(33)11-14-32-24(34)16-38-27(32)36/h1-8,15-16,18,34H,9-14H2,(H,29,35). The van der Waals surface area contributed by atoms with E-state index in [4.69, 9.17) is 23.8 Å². The number of hydrogen-bond donors (Lipinski definition) is 2. The second-order valence-electron chi connectivity index (χ2n) is 8.99. The summed E-state index contributed by atoms with van der Waals surface area (Å²) in [7, 11) is 0. The first-order valence-corrected chi connectivity index (χ1v) is 14.7. The lowest BCUT2D eigenvalue weighted by molar-refractivity contribution is -0.132. The Hall–Kier alpha value is -3.05. The maximum Gasteiger partial charge on any atom is 0.275 e. The third-order valence-corrected chi connectivity index (χ3v) is 9.11. The van der Waals surface area contributed by atoms with Crippen molar-refractivity contribution < 1.29 is 14.7 Å². The second kappa shape index (κ2) is 11.8. The first-order valence-electron chi connectivity index (χ1n) is 12.2. The monoisotopic (exact) mass is 584 g/mol. The van der Waals surface area contributed by atoms with Gasteiger partial charge in [-0.1, -0.05) is 41.9 Å². The minimum atomic E-state index is -0.253. The molecule has 1 saturated heterocycles. The molecule has 7 nitrogen and oxygen atoms in total. The van der Waals surface area contributed by atoms with Gasteiger partial charge in [-0.2, -0.15) is 0 Å². The molecule has 2 N–H and O–H groups in total. The van der Waals surface area contributed by atoms with E-state index in [0.29, 0.717) is 46.4 Å². The van der Waals surface area contributed by atoms with Crippen molar-refractivity contribution in [2.75, 3.05) is 18.4 Å². The first kappa shape index (κ1) is 26.6. The summed E-state index contributed by atoms with van der Waals surface area (Å²) in [5.74, 6) is 0.108. The molecular weight excluding hydrogens is 560 g/mol. The number of nitrogens with zero attached hydrogens (tertiary/aromatic N) is 3. The second-order valence-corrected chi connectivity index (χ2v) is 11.8. The van der Waals surface area contributed by atoms with E-state index in [-0.39, 0.29) is 23.6 Å². The maximum absolute atomic E-state index is 13.0. The molecule has 1 aliphatic rings. The lowest BCUT2D eigenvalue weighted by atomic mass is 9.97. The molecule has 0 bridgehead atoms. The van der Waals surface area contributed by atoms with Crippen LogP contribution in [0.15, 0.2) is 59.3 Å². The van der Waals surface area contributed by atoms with Crippen LogP contribution in [-0.2, 0) is 11.3 Å². The SMILES string of the molecule is O=C(Nc1ccccc1-c1ccc(Cl)cc1)c1csc(C2CCN(C(=O)CCn3c(O)csc3=S)CC2)n1. The fourth-order valence-corrected chi connectivity index (χ4v) is 6.58. The fourth-order valence-electron chi connectivity index (χ4n) is 4.51. The van der Waals surface area contributed by atoms with E-state index in [9.17, 15) is 14.7 Å². The third-order valence-electron chi connectivity index (χ3n) is 6.59. The van der Waals surface area contributed by atoms with Crippen LogP contribution in [0.4, 0.5) is 5.69 Å². The lowest BCUT2D eigenvalue weighted by Gasteiger charge is -2.31. The van der Waals surface area contributed by atoms with Gasteiger partial charge in [0.15, 0.2) is 3.95 Å². The summed E-state index contributed by atoms with van der Waals surface area (Å²) in [6.45, 7) is 1.65. The summed E-state index contributed by atoms with van der Waals surface area (Å²) in [6, 6.07) is 15.1. The van der Waals surface area contributed by atoms with Gasteiger partial charge in [0, 0.05) is 53.6 Å². The Labute approximate surface area is 238 Å². The first-order chi connectivity index (χ1) is 18.4. The zero-order valence-electron chi connectivity index (χ0n) is 20.3. The highest BCUT2D eigenvalue weighted by molar-refractivity contribution is 7.73. The van der Waals surface area contributed by atoms with Crippen LogP contribution in [-0.4, -0.2) is 44.5 Å². The number of carbonyl (C=O) groups is 2. The van der Waals surface area contributed by atoms with Crippen LogP contribution >= 0.6 is 46.5 Å². The number of carbonyl (C=O) groups excluding carboxylic acids is 2. The number of para-hydroxylation sites is 1. The molecule has 0 unspecified atom stereocenters. The van der Waals surface area contributed by atoms with Crippen LogP contribution in [0.5, 0.6) is 5.88 Å². The van der Waals surface area contributed by atoms with Crippen molar-refractivity contribution in [3.8, 4) is 17.0 Å². The van der Waals surface area contributed by atoms with Crippen LogP contribution in [0.2, 0.25) is 5.02 Å². The van der Waals surface area contributed by atoms with Gasteiger partial charge in [-0.05, 0) is 48.8 Å². The molecule has 0 aliphatic carbocycles. The number of likely N-dealkylation sites (tertiary alicyclic amines) is 1. The number of benzene rings is 2. The number of piperidine rings is 1. The maximum atomic E-state index is 13.0. The summed E-state index contributed by atoms with van der Waals surface area (Å²) in [6.07, 6.45) is 1.88. The molecule has 1 fully saturated rings. The zero-order chi connectivity index (χ0) is 26.6. The number of rotatable bonds is 7. The van der Waals surface area contributed by atoms with Gasteiger partial charge in [-0.25, -0.2) is 4.98 Å². The molecule has 2 aromatic carbocycles. The Bertz CT molecular complexity index is 1500. The van der Waals surface area contributed by atoms with Gasteiger partial charge in [0.2, 0.25) is 11.8 Å². The zero-order valence-corrected chi connectivity index (χ0v) is 23.5. The Kier molecular flexibility index (Phi) is 8.23. The van der Waals surface area contributed by atoms with E-state index >= 15 is 0 Å².